The molecule has 0 unspecified atom stereocenters. The van der Waals surface area contributed by atoms with Crippen LogP contribution < -0.4 is 0 Å². The standard InChI is InChI=1S/C13H20N2S/c1-12(2)15(9-5-3-4-8-14)11-13-7-6-10-16-13/h6-7,10,12H,3-5,9,11H2,1-2H3. The molecule has 0 aliphatic carbocycles. The smallest absolute Gasteiger partial charge is 0.0621 e. The van der Waals surface area contributed by atoms with Gasteiger partial charge in [-0.15, -0.1) is 11.3 Å². The van der Waals surface area contributed by atoms with Gasteiger partial charge in [-0.3, -0.25) is 4.90 Å². The Hall–Kier alpha value is -0.850. The number of nitriles is 1. The number of rotatable bonds is 7. The zero-order valence-corrected chi connectivity index (χ0v) is 11.0. The maximum Gasteiger partial charge on any atom is 0.0621 e. The van der Waals surface area contributed by atoms with Gasteiger partial charge in [0.2, 0.25) is 0 Å². The molecule has 3 heteroatoms. The molecule has 1 rings (SSSR count). The Bertz CT molecular complexity index is 311. The summed E-state index contributed by atoms with van der Waals surface area (Å²) >= 11 is 1.82. The molecule has 1 aromatic heterocycles. The van der Waals surface area contributed by atoms with E-state index in [1.807, 2.05) is 11.3 Å². The van der Waals surface area contributed by atoms with Crippen LogP contribution in [0.1, 0.15) is 38.0 Å². The van der Waals surface area contributed by atoms with Crippen LogP contribution in [-0.2, 0) is 6.54 Å². The monoisotopic (exact) mass is 236 g/mol. The summed E-state index contributed by atoms with van der Waals surface area (Å²) in [5, 5.41) is 10.6. The topological polar surface area (TPSA) is 27.0 Å². The summed E-state index contributed by atoms with van der Waals surface area (Å²) in [5.74, 6) is 0. The van der Waals surface area contributed by atoms with E-state index in [0.29, 0.717) is 12.5 Å². The molecule has 0 bridgehead atoms. The summed E-state index contributed by atoms with van der Waals surface area (Å²) in [5.41, 5.74) is 0. The first-order valence-electron chi connectivity index (χ1n) is 5.87. The lowest BCUT2D eigenvalue weighted by Gasteiger charge is -2.25. The van der Waals surface area contributed by atoms with E-state index in [4.69, 9.17) is 5.26 Å². The molecule has 0 saturated carbocycles. The predicted octanol–water partition coefficient (Wildman–Crippen LogP) is 3.65. The molecule has 88 valence electrons. The highest BCUT2D eigenvalue weighted by molar-refractivity contribution is 7.09. The summed E-state index contributed by atoms with van der Waals surface area (Å²) in [6.45, 7) is 6.61. The lowest BCUT2D eigenvalue weighted by Crippen LogP contribution is -2.30. The second kappa shape index (κ2) is 7.43. The second-order valence-corrected chi connectivity index (χ2v) is 5.29. The van der Waals surface area contributed by atoms with Crippen LogP contribution in [0.2, 0.25) is 0 Å². The summed E-state index contributed by atoms with van der Waals surface area (Å²) < 4.78 is 0. The van der Waals surface area contributed by atoms with E-state index in [0.717, 1.165) is 25.9 Å². The van der Waals surface area contributed by atoms with Crippen molar-refractivity contribution in [3.63, 3.8) is 0 Å². The molecular formula is C13H20N2S. The highest BCUT2D eigenvalue weighted by Gasteiger charge is 2.09. The molecular weight excluding hydrogens is 216 g/mol. The normalized spacial score (nSPS) is 10.9. The molecule has 0 spiro atoms. The fraction of sp³-hybridized carbons (Fsp3) is 0.615. The van der Waals surface area contributed by atoms with Crippen molar-refractivity contribution in [2.24, 2.45) is 0 Å². The van der Waals surface area contributed by atoms with Crippen LogP contribution in [-0.4, -0.2) is 17.5 Å². The molecule has 0 saturated heterocycles. The van der Waals surface area contributed by atoms with Crippen LogP contribution in [0.4, 0.5) is 0 Å². The lowest BCUT2D eigenvalue weighted by molar-refractivity contribution is 0.211. The third-order valence-corrected chi connectivity index (χ3v) is 3.51. The molecule has 0 radical (unpaired) electrons. The molecule has 16 heavy (non-hydrogen) atoms. The van der Waals surface area contributed by atoms with Crippen molar-refractivity contribution < 1.29 is 0 Å². The highest BCUT2D eigenvalue weighted by atomic mass is 32.1. The Morgan fingerprint density at radius 3 is 2.81 bits per heavy atom. The van der Waals surface area contributed by atoms with E-state index in [9.17, 15) is 0 Å². The predicted molar refractivity (Wildman–Crippen MR) is 69.3 cm³/mol. The fourth-order valence-electron chi connectivity index (χ4n) is 1.64. The minimum atomic E-state index is 0.573. The molecule has 0 aromatic carbocycles. The summed E-state index contributed by atoms with van der Waals surface area (Å²) in [4.78, 5) is 3.90. The lowest BCUT2D eigenvalue weighted by atomic mass is 10.2. The van der Waals surface area contributed by atoms with Gasteiger partial charge in [-0.1, -0.05) is 6.07 Å². The molecule has 1 heterocycles. The van der Waals surface area contributed by atoms with Gasteiger partial charge in [-0.2, -0.15) is 5.26 Å². The van der Waals surface area contributed by atoms with Crippen LogP contribution in [0, 0.1) is 11.3 Å². The summed E-state index contributed by atoms with van der Waals surface area (Å²) in [6, 6.07) is 7.07. The van der Waals surface area contributed by atoms with Gasteiger partial charge in [-0.25, -0.2) is 0 Å². The van der Waals surface area contributed by atoms with Gasteiger partial charge in [0.05, 0.1) is 6.07 Å². The molecule has 1 aromatic rings. The van der Waals surface area contributed by atoms with E-state index < -0.39 is 0 Å². The van der Waals surface area contributed by atoms with Crippen molar-refractivity contribution in [2.75, 3.05) is 6.54 Å². The fourth-order valence-corrected chi connectivity index (χ4v) is 2.37. The first-order chi connectivity index (χ1) is 7.74. The van der Waals surface area contributed by atoms with Gasteiger partial charge in [0.15, 0.2) is 0 Å². The van der Waals surface area contributed by atoms with Crippen LogP contribution in [0.3, 0.4) is 0 Å². The van der Waals surface area contributed by atoms with E-state index >= 15 is 0 Å². The van der Waals surface area contributed by atoms with Crippen molar-refractivity contribution in [1.29, 1.82) is 5.26 Å². The Labute approximate surface area is 103 Å². The number of hydrogen-bond acceptors (Lipinski definition) is 3. The maximum absolute atomic E-state index is 8.49. The molecule has 0 aliphatic rings. The Morgan fingerprint density at radius 2 is 2.25 bits per heavy atom. The van der Waals surface area contributed by atoms with Crippen molar-refractivity contribution in [2.45, 2.75) is 45.7 Å². The second-order valence-electron chi connectivity index (χ2n) is 4.26. The van der Waals surface area contributed by atoms with Crippen LogP contribution >= 0.6 is 11.3 Å². The molecule has 0 N–H and O–H groups in total. The van der Waals surface area contributed by atoms with Crippen molar-refractivity contribution in [3.05, 3.63) is 22.4 Å². The minimum Gasteiger partial charge on any atom is -0.296 e. The van der Waals surface area contributed by atoms with Gasteiger partial charge in [-0.05, 0) is 44.7 Å². The quantitative estimate of drug-likeness (QED) is 0.676. The van der Waals surface area contributed by atoms with E-state index in [1.54, 1.807) is 0 Å². The van der Waals surface area contributed by atoms with Crippen LogP contribution in [0.15, 0.2) is 17.5 Å². The Balaban J connectivity index is 2.34. The van der Waals surface area contributed by atoms with Gasteiger partial charge in [0, 0.05) is 23.9 Å². The molecule has 0 aliphatic heterocycles. The third-order valence-electron chi connectivity index (χ3n) is 2.65. The van der Waals surface area contributed by atoms with Gasteiger partial charge >= 0.3 is 0 Å². The Kier molecular flexibility index (Phi) is 6.14. The maximum atomic E-state index is 8.49. The van der Waals surface area contributed by atoms with Crippen LogP contribution in [0.25, 0.3) is 0 Å². The van der Waals surface area contributed by atoms with E-state index in [2.05, 4.69) is 42.3 Å². The number of unbranched alkanes of at least 4 members (excludes halogenated alkanes) is 2. The molecule has 0 atom stereocenters. The van der Waals surface area contributed by atoms with Gasteiger partial charge in [0.25, 0.3) is 0 Å². The van der Waals surface area contributed by atoms with Gasteiger partial charge in [0.1, 0.15) is 0 Å². The SMILES string of the molecule is CC(C)N(CCCCC#N)Cc1cccs1. The number of nitrogens with zero attached hydrogens (tertiary/aromatic N) is 2. The molecule has 0 amide bonds. The molecule has 2 nitrogen and oxygen atoms in total. The number of thiophene rings is 1. The summed E-state index contributed by atoms with van der Waals surface area (Å²) in [6.07, 6.45) is 2.83. The average Bonchev–Trinajstić information content (AvgIpc) is 2.75. The highest BCUT2D eigenvalue weighted by Crippen LogP contribution is 2.14. The molecule has 0 fully saturated rings. The van der Waals surface area contributed by atoms with Crippen molar-refractivity contribution in [1.82, 2.24) is 4.90 Å². The first kappa shape index (κ1) is 13.2. The third kappa shape index (κ3) is 4.78. The van der Waals surface area contributed by atoms with Crippen molar-refractivity contribution in [3.8, 4) is 6.07 Å². The average molecular weight is 236 g/mol. The van der Waals surface area contributed by atoms with E-state index in [-0.39, 0.29) is 0 Å². The first-order valence-corrected chi connectivity index (χ1v) is 6.75. The largest absolute Gasteiger partial charge is 0.296 e. The van der Waals surface area contributed by atoms with Crippen molar-refractivity contribution >= 4 is 11.3 Å². The Morgan fingerprint density at radius 1 is 1.44 bits per heavy atom. The zero-order chi connectivity index (χ0) is 11.8. The van der Waals surface area contributed by atoms with Gasteiger partial charge < -0.3 is 0 Å². The number of hydrogen-bond donors (Lipinski definition) is 0. The minimum absolute atomic E-state index is 0.573. The van der Waals surface area contributed by atoms with Crippen LogP contribution in [0.5, 0.6) is 0 Å². The zero-order valence-electron chi connectivity index (χ0n) is 10.1. The summed E-state index contributed by atoms with van der Waals surface area (Å²) in [7, 11) is 0. The van der Waals surface area contributed by atoms with E-state index in [1.165, 1.54) is 4.88 Å².